The maximum atomic E-state index is 12.4. The van der Waals surface area contributed by atoms with Gasteiger partial charge in [0.15, 0.2) is 6.61 Å². The zero-order chi connectivity index (χ0) is 21.8. The van der Waals surface area contributed by atoms with Gasteiger partial charge in [0.2, 0.25) is 0 Å². The second kappa shape index (κ2) is 10.0. The van der Waals surface area contributed by atoms with Gasteiger partial charge in [0, 0.05) is 4.88 Å². The van der Waals surface area contributed by atoms with Crippen molar-refractivity contribution in [1.29, 1.82) is 0 Å². The molecule has 3 rings (SSSR count). The van der Waals surface area contributed by atoms with Gasteiger partial charge < -0.3 is 14.8 Å². The molecule has 1 amide bonds. The maximum Gasteiger partial charge on any atom is 0.341 e. The smallest absolute Gasteiger partial charge is 0.341 e. The van der Waals surface area contributed by atoms with Crippen molar-refractivity contribution in [3.05, 3.63) is 48.8 Å². The third-order valence-electron chi connectivity index (χ3n) is 4.65. The van der Waals surface area contributed by atoms with Crippen molar-refractivity contribution in [2.75, 3.05) is 19.0 Å². The fourth-order valence-electron chi connectivity index (χ4n) is 3.23. The van der Waals surface area contributed by atoms with Crippen LogP contribution in [0.1, 0.15) is 50.4 Å². The fraction of sp³-hybridized carbons (Fsp3) is 0.350. The predicted molar refractivity (Wildman–Crippen MR) is 117 cm³/mol. The number of esters is 2. The molecule has 1 aliphatic carbocycles. The first-order chi connectivity index (χ1) is 14.3. The lowest BCUT2D eigenvalue weighted by molar-refractivity contribution is -0.119. The summed E-state index contributed by atoms with van der Waals surface area (Å²) in [4.78, 5) is 38.1. The molecular weight excluding hydrogens is 473 g/mol. The summed E-state index contributed by atoms with van der Waals surface area (Å²) in [7, 11) is 1.30. The first-order valence-corrected chi connectivity index (χ1v) is 11.1. The highest BCUT2D eigenvalue weighted by Gasteiger charge is 2.27. The van der Waals surface area contributed by atoms with Gasteiger partial charge in [-0.2, -0.15) is 0 Å². The molecule has 0 bridgehead atoms. The molecule has 0 unspecified atom stereocenters. The van der Waals surface area contributed by atoms with E-state index in [2.05, 4.69) is 5.32 Å². The van der Waals surface area contributed by atoms with Crippen LogP contribution in [0.5, 0.6) is 0 Å². The van der Waals surface area contributed by atoms with Crippen LogP contribution < -0.4 is 5.32 Å². The van der Waals surface area contributed by atoms with Crippen molar-refractivity contribution in [3.8, 4) is 0 Å². The fourth-order valence-corrected chi connectivity index (χ4v) is 5.20. The van der Waals surface area contributed by atoms with Gasteiger partial charge in [-0.3, -0.25) is 4.79 Å². The molecule has 0 saturated carbocycles. The molecule has 0 atom stereocenters. The third kappa shape index (κ3) is 4.91. The molecule has 2 aromatic rings. The molecule has 0 aliphatic heterocycles. The van der Waals surface area contributed by atoms with Crippen LogP contribution in [0.15, 0.2) is 12.1 Å². The monoisotopic (exact) mass is 489 g/mol. The van der Waals surface area contributed by atoms with Crippen molar-refractivity contribution < 1.29 is 23.9 Å². The molecule has 1 aliphatic rings. The zero-order valence-corrected chi connectivity index (χ0v) is 19.1. The first-order valence-electron chi connectivity index (χ1n) is 9.16. The van der Waals surface area contributed by atoms with E-state index in [1.165, 1.54) is 30.6 Å². The number of carbonyl (C=O) groups excluding carboxylic acids is 3. The van der Waals surface area contributed by atoms with Crippen LogP contribution in [0.2, 0.25) is 15.1 Å². The Morgan fingerprint density at radius 3 is 2.43 bits per heavy atom. The summed E-state index contributed by atoms with van der Waals surface area (Å²) in [6.07, 6.45) is 4.70. The number of rotatable bonds is 5. The Balaban J connectivity index is 1.73. The van der Waals surface area contributed by atoms with Crippen molar-refractivity contribution >= 4 is 69.0 Å². The summed E-state index contributed by atoms with van der Waals surface area (Å²) in [6, 6.07) is 2.86. The minimum Gasteiger partial charge on any atom is -0.465 e. The Hall–Kier alpha value is -1.80. The van der Waals surface area contributed by atoms with Gasteiger partial charge in [-0.25, -0.2) is 9.59 Å². The van der Waals surface area contributed by atoms with Gasteiger partial charge in [-0.1, -0.05) is 41.2 Å². The van der Waals surface area contributed by atoms with Crippen LogP contribution in [0.25, 0.3) is 0 Å². The van der Waals surface area contributed by atoms with E-state index < -0.39 is 24.5 Å². The summed E-state index contributed by atoms with van der Waals surface area (Å²) in [5, 5.41) is 3.20. The number of aryl methyl sites for hydroxylation is 1. The first kappa shape index (κ1) is 22.9. The summed E-state index contributed by atoms with van der Waals surface area (Å²) < 4.78 is 9.94. The van der Waals surface area contributed by atoms with E-state index in [0.717, 1.165) is 42.5 Å². The second-order valence-electron chi connectivity index (χ2n) is 6.60. The van der Waals surface area contributed by atoms with E-state index in [1.807, 2.05) is 0 Å². The lowest BCUT2D eigenvalue weighted by Gasteiger charge is -2.10. The SMILES string of the molecule is COC(=O)c1c(NC(=O)COC(=O)c2c(Cl)ccc(Cl)c2Cl)sc2c1CCCCC2. The number of hydrogen-bond donors (Lipinski definition) is 1. The van der Waals surface area contributed by atoms with Crippen molar-refractivity contribution in [2.24, 2.45) is 0 Å². The molecule has 6 nitrogen and oxygen atoms in total. The molecule has 1 aromatic heterocycles. The Labute approximate surface area is 192 Å². The molecular formula is C20H18Cl3NO5S. The van der Waals surface area contributed by atoms with E-state index in [1.54, 1.807) is 0 Å². The van der Waals surface area contributed by atoms with E-state index >= 15 is 0 Å². The van der Waals surface area contributed by atoms with Crippen LogP contribution in [0.3, 0.4) is 0 Å². The lowest BCUT2D eigenvalue weighted by atomic mass is 10.1. The van der Waals surface area contributed by atoms with E-state index in [9.17, 15) is 14.4 Å². The average molecular weight is 491 g/mol. The van der Waals surface area contributed by atoms with Gasteiger partial charge in [0.25, 0.3) is 5.91 Å². The third-order valence-corrected chi connectivity index (χ3v) is 6.97. The quantitative estimate of drug-likeness (QED) is 0.337. The standard InChI is InChI=1S/C20H18Cl3NO5S/c1-28-19(26)15-10-5-3-2-4-6-13(10)30-18(15)24-14(25)9-29-20(27)16-11(21)7-8-12(22)17(16)23/h7-8H,2-6,9H2,1H3,(H,24,25). The average Bonchev–Trinajstić information content (AvgIpc) is 2.89. The second-order valence-corrected chi connectivity index (χ2v) is 8.90. The summed E-state index contributed by atoms with van der Waals surface area (Å²) in [5.41, 5.74) is 1.19. The van der Waals surface area contributed by atoms with Crippen molar-refractivity contribution in [1.82, 2.24) is 0 Å². The summed E-state index contributed by atoms with van der Waals surface area (Å²) in [6.45, 7) is -0.582. The van der Waals surface area contributed by atoms with Crippen molar-refractivity contribution in [3.63, 3.8) is 0 Å². The van der Waals surface area contributed by atoms with Gasteiger partial charge in [-0.05, 0) is 43.4 Å². The van der Waals surface area contributed by atoms with Crippen molar-refractivity contribution in [2.45, 2.75) is 32.1 Å². The highest BCUT2D eigenvalue weighted by Crippen LogP contribution is 2.38. The molecule has 30 heavy (non-hydrogen) atoms. The Morgan fingerprint density at radius 1 is 1.00 bits per heavy atom. The molecule has 160 valence electrons. The zero-order valence-electron chi connectivity index (χ0n) is 16.0. The molecule has 1 N–H and O–H groups in total. The minimum atomic E-state index is -0.877. The molecule has 0 spiro atoms. The van der Waals surface area contributed by atoms with E-state index in [4.69, 9.17) is 44.3 Å². The molecule has 10 heteroatoms. The minimum absolute atomic E-state index is 0.0513. The van der Waals surface area contributed by atoms with E-state index in [-0.39, 0.29) is 20.6 Å². The van der Waals surface area contributed by atoms with Gasteiger partial charge in [0.05, 0.1) is 33.3 Å². The Bertz CT molecular complexity index is 1000. The molecule has 0 fully saturated rings. The van der Waals surface area contributed by atoms with Crippen LogP contribution in [0.4, 0.5) is 5.00 Å². The van der Waals surface area contributed by atoms with Crippen LogP contribution in [-0.4, -0.2) is 31.6 Å². The number of methoxy groups -OCH3 is 1. The summed E-state index contributed by atoms with van der Waals surface area (Å²) >= 11 is 19.3. The number of halogens is 3. The largest absolute Gasteiger partial charge is 0.465 e. The molecule has 1 heterocycles. The number of ether oxygens (including phenoxy) is 2. The summed E-state index contributed by atoms with van der Waals surface area (Å²) in [5.74, 6) is -1.98. The van der Waals surface area contributed by atoms with Crippen LogP contribution in [0, 0.1) is 0 Å². The molecule has 0 saturated heterocycles. The van der Waals surface area contributed by atoms with Crippen LogP contribution in [-0.2, 0) is 27.1 Å². The number of carbonyl (C=O) groups is 3. The molecule has 1 aromatic carbocycles. The topological polar surface area (TPSA) is 81.7 Å². The van der Waals surface area contributed by atoms with Gasteiger partial charge in [0.1, 0.15) is 5.00 Å². The number of thiophene rings is 1. The number of anilines is 1. The predicted octanol–water partition coefficient (Wildman–Crippen LogP) is 5.56. The number of amides is 1. The highest BCUT2D eigenvalue weighted by atomic mass is 35.5. The highest BCUT2D eigenvalue weighted by molar-refractivity contribution is 7.17. The number of hydrogen-bond acceptors (Lipinski definition) is 6. The van der Waals surface area contributed by atoms with E-state index in [0.29, 0.717) is 10.6 Å². The van der Waals surface area contributed by atoms with Gasteiger partial charge >= 0.3 is 11.9 Å². The number of fused-ring (bicyclic) bond motifs is 1. The normalized spacial score (nSPS) is 13.2. The Kier molecular flexibility index (Phi) is 7.63. The maximum absolute atomic E-state index is 12.4. The lowest BCUT2D eigenvalue weighted by Crippen LogP contribution is -2.22. The van der Waals surface area contributed by atoms with Gasteiger partial charge in [-0.15, -0.1) is 11.3 Å². The number of benzene rings is 1. The van der Waals surface area contributed by atoms with Crippen LogP contribution >= 0.6 is 46.1 Å². The number of nitrogens with one attached hydrogen (secondary N) is 1. The Morgan fingerprint density at radius 2 is 1.70 bits per heavy atom. The molecule has 0 radical (unpaired) electrons.